The Bertz CT molecular complexity index is 3870. The van der Waals surface area contributed by atoms with Crippen molar-refractivity contribution >= 4 is 49.0 Å². The Morgan fingerprint density at radius 1 is 0.338 bits per heavy atom. The molecule has 336 valence electrons. The molecule has 0 saturated heterocycles. The van der Waals surface area contributed by atoms with E-state index in [0.717, 1.165) is 72.8 Å². The average Bonchev–Trinajstić information content (AvgIpc) is 3.84. The van der Waals surface area contributed by atoms with Crippen molar-refractivity contribution in [3.05, 3.63) is 295 Å². The largest absolute Gasteiger partial charge is 0.457 e. The van der Waals surface area contributed by atoms with Crippen molar-refractivity contribution < 1.29 is 9.15 Å². The van der Waals surface area contributed by atoms with Crippen LogP contribution < -0.4 is 9.64 Å². The number of fused-ring (bicyclic) bond motifs is 11. The molecule has 1 aromatic heterocycles. The molecule has 0 saturated carbocycles. The maximum Gasteiger partial charge on any atom is 0.137 e. The maximum atomic E-state index is 6.92. The lowest BCUT2D eigenvalue weighted by Gasteiger charge is -2.55. The molecule has 3 nitrogen and oxygen atoms in total. The first kappa shape index (κ1) is 41.2. The van der Waals surface area contributed by atoms with Crippen molar-refractivity contribution in [3.63, 3.8) is 0 Å². The van der Waals surface area contributed by atoms with Gasteiger partial charge in [-0.25, -0.2) is 0 Å². The zero-order valence-corrected chi connectivity index (χ0v) is 39.5. The van der Waals surface area contributed by atoms with Crippen LogP contribution in [0, 0.1) is 0 Å². The van der Waals surface area contributed by atoms with Crippen LogP contribution in [0.25, 0.3) is 44.2 Å². The minimum atomic E-state index is -2.31. The number of benzene rings is 11. The Labute approximate surface area is 414 Å². The summed E-state index contributed by atoms with van der Waals surface area (Å²) in [4.78, 5) is 7.62. The zero-order valence-electron chi connectivity index (χ0n) is 38.7. The fourth-order valence-corrected chi connectivity index (χ4v) is 16.2. The van der Waals surface area contributed by atoms with Gasteiger partial charge in [-0.1, -0.05) is 194 Å². The molecule has 0 atom stereocenters. The third-order valence-corrected chi connectivity index (χ3v) is 18.6. The van der Waals surface area contributed by atoms with Gasteiger partial charge >= 0.3 is 0 Å². The molecule has 0 unspecified atom stereocenters. The Morgan fingerprint density at radius 3 is 1.45 bits per heavy atom. The predicted molar refractivity (Wildman–Crippen MR) is 291 cm³/mol. The van der Waals surface area contributed by atoms with Crippen molar-refractivity contribution in [1.29, 1.82) is 0 Å². The van der Waals surface area contributed by atoms with E-state index >= 15 is 0 Å². The van der Waals surface area contributed by atoms with E-state index in [1.54, 1.807) is 0 Å². The lowest BCUT2D eigenvalue weighted by molar-refractivity contribution is 0.431. The van der Waals surface area contributed by atoms with Crippen molar-refractivity contribution in [2.45, 2.75) is 25.0 Å². The Morgan fingerprint density at radius 2 is 0.803 bits per heavy atom. The number of hydrogen-bond acceptors (Lipinski definition) is 3. The van der Waals surface area contributed by atoms with Crippen LogP contribution in [0.5, 0.6) is 11.5 Å². The molecule has 0 fully saturated rings. The highest BCUT2D eigenvalue weighted by Crippen LogP contribution is 2.82. The third-order valence-electron chi connectivity index (χ3n) is 14.6. The quantitative estimate of drug-likeness (QED) is 0.159. The van der Waals surface area contributed by atoms with Crippen LogP contribution in [0.4, 0.5) is 17.1 Å². The summed E-state index contributed by atoms with van der Waals surface area (Å²) in [5.74, 6) is 1.72. The first-order valence-corrected chi connectivity index (χ1v) is 25.9. The van der Waals surface area contributed by atoms with Gasteiger partial charge in [0.2, 0.25) is 0 Å². The van der Waals surface area contributed by atoms with Crippen LogP contribution in [-0.4, -0.2) is 0 Å². The number of ether oxygens (including phenoxy) is 1. The molecule has 0 amide bonds. The monoisotopic (exact) mass is 927 g/mol. The summed E-state index contributed by atoms with van der Waals surface area (Å²) in [5.41, 5.74) is 13.5. The molecular weight excluding hydrogens is 883 g/mol. The van der Waals surface area contributed by atoms with Gasteiger partial charge in [0.05, 0.1) is 22.2 Å². The van der Waals surface area contributed by atoms with Crippen LogP contribution in [0.15, 0.2) is 297 Å². The topological polar surface area (TPSA) is 25.6 Å². The first-order chi connectivity index (χ1) is 35.2. The SMILES string of the molecule is c1ccc(-c2ccc(-c3ccc(N(c4cccc5c4S(c4ccccc4)(c4ccccc4)c4ccccc4C54c5ccccc5Oc5ccccc54)c4cccc5oc6ccccc6c45)cc3)cc2)cc1. The number of rotatable bonds is 7. The van der Waals surface area contributed by atoms with Gasteiger partial charge in [0.25, 0.3) is 0 Å². The highest BCUT2D eigenvalue weighted by atomic mass is 32.3. The maximum absolute atomic E-state index is 6.92. The Kier molecular flexibility index (Phi) is 9.52. The zero-order chi connectivity index (χ0) is 46.9. The second-order valence-corrected chi connectivity index (χ2v) is 21.3. The molecule has 14 rings (SSSR count). The normalized spacial score (nSPS) is 14.1. The van der Waals surface area contributed by atoms with E-state index in [9.17, 15) is 0 Å². The van der Waals surface area contributed by atoms with Gasteiger partial charge in [-0.2, -0.15) is 0 Å². The number of anilines is 3. The number of hydrogen-bond donors (Lipinski definition) is 0. The average molecular weight is 928 g/mol. The molecule has 0 aliphatic carbocycles. The van der Waals surface area contributed by atoms with Crippen molar-refractivity contribution in [1.82, 2.24) is 0 Å². The van der Waals surface area contributed by atoms with Gasteiger partial charge in [0.15, 0.2) is 0 Å². The first-order valence-electron chi connectivity index (χ1n) is 24.2. The molecule has 12 aromatic rings. The highest BCUT2D eigenvalue weighted by molar-refractivity contribution is 8.34. The molecule has 0 bridgehead atoms. The van der Waals surface area contributed by atoms with Crippen LogP contribution >= 0.6 is 10.0 Å². The molecule has 0 N–H and O–H groups in total. The molecule has 2 aliphatic rings. The van der Waals surface area contributed by atoms with Gasteiger partial charge < -0.3 is 14.1 Å². The van der Waals surface area contributed by atoms with Gasteiger partial charge in [-0.15, -0.1) is 10.0 Å². The van der Waals surface area contributed by atoms with Gasteiger partial charge in [-0.3, -0.25) is 0 Å². The number of furan rings is 1. The summed E-state index contributed by atoms with van der Waals surface area (Å²) in [6, 6.07) is 99.8. The highest BCUT2D eigenvalue weighted by Gasteiger charge is 2.56. The van der Waals surface area contributed by atoms with Gasteiger partial charge in [0, 0.05) is 41.8 Å². The third kappa shape index (κ3) is 6.11. The number of para-hydroxylation sites is 3. The minimum absolute atomic E-state index is 0.761. The fraction of sp³-hybridized carbons (Fsp3) is 0.0149. The molecule has 4 heteroatoms. The van der Waals surface area contributed by atoms with Crippen molar-refractivity contribution in [2.75, 3.05) is 4.90 Å². The van der Waals surface area contributed by atoms with Crippen LogP contribution in [0.1, 0.15) is 22.3 Å². The minimum Gasteiger partial charge on any atom is -0.457 e. The van der Waals surface area contributed by atoms with Crippen LogP contribution in [0.3, 0.4) is 0 Å². The lowest BCUT2D eigenvalue weighted by atomic mass is 9.63. The van der Waals surface area contributed by atoms with E-state index < -0.39 is 15.4 Å². The Balaban J connectivity index is 1.12. The molecule has 1 spiro atoms. The van der Waals surface area contributed by atoms with Crippen molar-refractivity contribution in [2.24, 2.45) is 0 Å². The molecule has 11 aromatic carbocycles. The molecule has 2 aliphatic heterocycles. The second kappa shape index (κ2) is 16.4. The van der Waals surface area contributed by atoms with E-state index in [1.807, 2.05) is 0 Å². The Hall–Kier alpha value is -8.83. The van der Waals surface area contributed by atoms with E-state index in [4.69, 9.17) is 9.15 Å². The smallest absolute Gasteiger partial charge is 0.137 e. The molecule has 0 radical (unpaired) electrons. The van der Waals surface area contributed by atoms with Crippen LogP contribution in [-0.2, 0) is 5.41 Å². The summed E-state index contributed by atoms with van der Waals surface area (Å²) in [7, 11) is -2.31. The van der Waals surface area contributed by atoms with Crippen molar-refractivity contribution in [3.8, 4) is 33.8 Å². The van der Waals surface area contributed by atoms with E-state index in [1.165, 1.54) is 41.8 Å². The number of nitrogens with zero attached hydrogens (tertiary/aromatic N) is 1. The molecule has 71 heavy (non-hydrogen) atoms. The molecule has 3 heterocycles. The van der Waals surface area contributed by atoms with E-state index in [-0.39, 0.29) is 0 Å². The molecular formula is C67H45NO2S. The summed E-state index contributed by atoms with van der Waals surface area (Å²) >= 11 is 0. The second-order valence-electron chi connectivity index (χ2n) is 18.3. The summed E-state index contributed by atoms with van der Waals surface area (Å²) < 4.78 is 13.6. The van der Waals surface area contributed by atoms with Gasteiger partial charge in [0.1, 0.15) is 22.7 Å². The van der Waals surface area contributed by atoms with Crippen LogP contribution in [0.2, 0.25) is 0 Å². The van der Waals surface area contributed by atoms with E-state index in [0.29, 0.717) is 0 Å². The summed E-state index contributed by atoms with van der Waals surface area (Å²) in [6.07, 6.45) is 0. The lowest BCUT2D eigenvalue weighted by Crippen LogP contribution is -2.39. The van der Waals surface area contributed by atoms with E-state index in [2.05, 4.69) is 278 Å². The van der Waals surface area contributed by atoms with Gasteiger partial charge in [-0.05, 0) is 112 Å². The standard InChI is InChI=1S/C67H45NO2S/c1-4-20-46(21-5-1)47-38-40-48(41-39-47)49-42-44-50(45-43-49)68(58-31-19-36-63-65(58)53-26-10-14-33-60(53)69-63)59-32-18-30-57-66(59)71(51-22-6-2-7-23-51,52-24-8-3-9-25-52)64-37-17-13-29-56(64)67(57)54-27-11-15-34-61(54)70-62-35-16-12-28-55(62)67/h1-45H. The fourth-order valence-electron chi connectivity index (χ4n) is 11.7. The predicted octanol–water partition coefficient (Wildman–Crippen LogP) is 18.5. The summed E-state index contributed by atoms with van der Waals surface area (Å²) in [5, 5.41) is 2.14. The summed E-state index contributed by atoms with van der Waals surface area (Å²) in [6.45, 7) is 0.